The molecule has 0 amide bonds. The van der Waals surface area contributed by atoms with Gasteiger partial charge in [-0.3, -0.25) is 0 Å². The number of benzene rings is 1. The molecular formula is C15H21N3. The Morgan fingerprint density at radius 2 is 2.00 bits per heavy atom. The first kappa shape index (κ1) is 12.8. The van der Waals surface area contributed by atoms with Gasteiger partial charge in [0.25, 0.3) is 0 Å². The summed E-state index contributed by atoms with van der Waals surface area (Å²) in [7, 11) is 1.98. The summed E-state index contributed by atoms with van der Waals surface area (Å²) in [6.07, 6.45) is 3.00. The summed E-state index contributed by atoms with van der Waals surface area (Å²) in [5.74, 6) is 0. The van der Waals surface area contributed by atoms with Crippen molar-refractivity contribution in [2.75, 3.05) is 13.6 Å². The van der Waals surface area contributed by atoms with Gasteiger partial charge in [0.15, 0.2) is 0 Å². The summed E-state index contributed by atoms with van der Waals surface area (Å²) in [5, 5.41) is 7.69. The van der Waals surface area contributed by atoms with Crippen LogP contribution in [0.25, 0.3) is 5.69 Å². The quantitative estimate of drug-likeness (QED) is 0.894. The van der Waals surface area contributed by atoms with Crippen LogP contribution in [0.3, 0.4) is 0 Å². The van der Waals surface area contributed by atoms with Gasteiger partial charge in [-0.2, -0.15) is 5.10 Å². The third-order valence-electron chi connectivity index (χ3n) is 3.34. The zero-order valence-electron chi connectivity index (χ0n) is 11.6. The maximum absolute atomic E-state index is 4.52. The third-order valence-corrected chi connectivity index (χ3v) is 3.34. The molecule has 0 bridgehead atoms. The maximum atomic E-state index is 4.52. The molecule has 1 aromatic carbocycles. The first-order valence-corrected chi connectivity index (χ1v) is 6.39. The number of likely N-dealkylation sites (N-methyl/N-ethyl adjacent to an activating group) is 1. The molecule has 1 N–H and O–H groups in total. The van der Waals surface area contributed by atoms with Crippen molar-refractivity contribution in [1.29, 1.82) is 0 Å². The topological polar surface area (TPSA) is 29.9 Å². The summed E-state index contributed by atoms with van der Waals surface area (Å²) in [4.78, 5) is 0. The number of hydrogen-bond donors (Lipinski definition) is 1. The molecule has 2 rings (SSSR count). The predicted octanol–water partition coefficient (Wildman–Crippen LogP) is 2.56. The van der Waals surface area contributed by atoms with Gasteiger partial charge in [-0.1, -0.05) is 17.7 Å². The van der Waals surface area contributed by atoms with E-state index in [0.717, 1.165) is 13.0 Å². The van der Waals surface area contributed by atoms with Gasteiger partial charge in [-0.25, -0.2) is 4.68 Å². The van der Waals surface area contributed by atoms with Gasteiger partial charge >= 0.3 is 0 Å². The molecule has 96 valence electrons. The Bertz CT molecular complexity index is 541. The lowest BCUT2D eigenvalue weighted by molar-refractivity contribution is 0.784. The van der Waals surface area contributed by atoms with Crippen molar-refractivity contribution in [2.24, 2.45) is 0 Å². The first-order valence-electron chi connectivity index (χ1n) is 6.39. The van der Waals surface area contributed by atoms with E-state index in [1.807, 2.05) is 17.9 Å². The van der Waals surface area contributed by atoms with Gasteiger partial charge in [0.2, 0.25) is 0 Å². The van der Waals surface area contributed by atoms with E-state index >= 15 is 0 Å². The van der Waals surface area contributed by atoms with Crippen LogP contribution >= 0.6 is 0 Å². The second-order valence-electron chi connectivity index (χ2n) is 4.81. The molecule has 18 heavy (non-hydrogen) atoms. The zero-order chi connectivity index (χ0) is 13.1. The summed E-state index contributed by atoms with van der Waals surface area (Å²) in [6.45, 7) is 7.37. The number of nitrogens with zero attached hydrogens (tertiary/aromatic N) is 2. The molecule has 0 aliphatic rings. The molecule has 0 aliphatic carbocycles. The van der Waals surface area contributed by atoms with Crippen LogP contribution in [0.5, 0.6) is 0 Å². The molecule has 0 unspecified atom stereocenters. The fourth-order valence-corrected chi connectivity index (χ4v) is 2.23. The van der Waals surface area contributed by atoms with Crippen LogP contribution in [0.4, 0.5) is 0 Å². The van der Waals surface area contributed by atoms with Gasteiger partial charge < -0.3 is 5.32 Å². The highest BCUT2D eigenvalue weighted by Crippen LogP contribution is 2.19. The van der Waals surface area contributed by atoms with E-state index in [9.17, 15) is 0 Å². The molecule has 0 radical (unpaired) electrons. The summed E-state index contributed by atoms with van der Waals surface area (Å²) in [5.41, 5.74) is 6.27. The molecule has 3 heteroatoms. The van der Waals surface area contributed by atoms with Crippen molar-refractivity contribution in [3.05, 3.63) is 46.8 Å². The minimum absolute atomic E-state index is 0.986. The second kappa shape index (κ2) is 5.36. The van der Waals surface area contributed by atoms with Gasteiger partial charge in [0, 0.05) is 5.69 Å². The summed E-state index contributed by atoms with van der Waals surface area (Å²) in [6, 6.07) is 6.48. The van der Waals surface area contributed by atoms with E-state index in [4.69, 9.17) is 0 Å². The molecule has 0 spiro atoms. The van der Waals surface area contributed by atoms with Gasteiger partial charge in [-0.05, 0) is 58.0 Å². The van der Waals surface area contributed by atoms with E-state index in [-0.39, 0.29) is 0 Å². The Labute approximate surface area is 109 Å². The minimum Gasteiger partial charge on any atom is -0.319 e. The Morgan fingerprint density at radius 1 is 1.22 bits per heavy atom. The van der Waals surface area contributed by atoms with E-state index in [1.54, 1.807) is 0 Å². The first-order chi connectivity index (χ1) is 8.63. The monoisotopic (exact) mass is 243 g/mol. The number of nitrogens with one attached hydrogen (secondary N) is 1. The highest BCUT2D eigenvalue weighted by Gasteiger charge is 2.09. The number of rotatable bonds is 4. The third kappa shape index (κ3) is 2.46. The molecule has 2 aromatic rings. The van der Waals surface area contributed by atoms with Crippen LogP contribution in [0.1, 0.15) is 22.4 Å². The Kier molecular flexibility index (Phi) is 3.82. The highest BCUT2D eigenvalue weighted by atomic mass is 15.3. The molecule has 0 aliphatic heterocycles. The van der Waals surface area contributed by atoms with Gasteiger partial charge in [-0.15, -0.1) is 0 Å². The van der Waals surface area contributed by atoms with E-state index in [2.05, 4.69) is 49.4 Å². The van der Waals surface area contributed by atoms with Crippen LogP contribution in [0.2, 0.25) is 0 Å². The van der Waals surface area contributed by atoms with Crippen LogP contribution in [0, 0.1) is 20.8 Å². The maximum Gasteiger partial charge on any atom is 0.0678 e. The fraction of sp³-hybridized carbons (Fsp3) is 0.400. The smallest absolute Gasteiger partial charge is 0.0678 e. The fourth-order valence-electron chi connectivity index (χ4n) is 2.23. The van der Waals surface area contributed by atoms with Crippen molar-refractivity contribution in [3.8, 4) is 5.69 Å². The van der Waals surface area contributed by atoms with Gasteiger partial charge in [0.1, 0.15) is 0 Å². The number of aryl methyl sites for hydroxylation is 2. The van der Waals surface area contributed by atoms with Crippen LogP contribution in [-0.4, -0.2) is 23.4 Å². The van der Waals surface area contributed by atoms with Crippen LogP contribution < -0.4 is 5.32 Å². The largest absolute Gasteiger partial charge is 0.319 e. The zero-order valence-corrected chi connectivity index (χ0v) is 11.6. The van der Waals surface area contributed by atoms with Crippen molar-refractivity contribution < 1.29 is 0 Å². The van der Waals surface area contributed by atoms with Crippen LogP contribution in [0.15, 0.2) is 24.4 Å². The molecule has 3 nitrogen and oxygen atoms in total. The number of aromatic nitrogens is 2. The normalized spacial score (nSPS) is 10.9. The van der Waals surface area contributed by atoms with Gasteiger partial charge in [0.05, 0.1) is 11.9 Å². The van der Waals surface area contributed by atoms with Crippen molar-refractivity contribution in [1.82, 2.24) is 15.1 Å². The lowest BCUT2D eigenvalue weighted by Crippen LogP contribution is -2.11. The average Bonchev–Trinajstić information content (AvgIpc) is 2.68. The van der Waals surface area contributed by atoms with Crippen LogP contribution in [-0.2, 0) is 6.42 Å². The van der Waals surface area contributed by atoms with E-state index in [1.165, 1.54) is 28.1 Å². The lowest BCUT2D eigenvalue weighted by atomic mass is 10.1. The molecule has 0 fully saturated rings. The second-order valence-corrected chi connectivity index (χ2v) is 4.81. The number of hydrogen-bond acceptors (Lipinski definition) is 2. The van der Waals surface area contributed by atoms with Crippen molar-refractivity contribution in [3.63, 3.8) is 0 Å². The summed E-state index contributed by atoms with van der Waals surface area (Å²) >= 11 is 0. The SMILES string of the molecule is CNCCc1cnn(-c2ccc(C)cc2C)c1C. The van der Waals surface area contributed by atoms with Crippen molar-refractivity contribution >= 4 is 0 Å². The standard InChI is InChI=1S/C15H21N3/c1-11-5-6-15(12(2)9-11)18-13(3)14(10-17-18)7-8-16-4/h5-6,9-10,16H,7-8H2,1-4H3. The minimum atomic E-state index is 0.986. The Balaban J connectivity index is 2.36. The molecule has 0 saturated heterocycles. The van der Waals surface area contributed by atoms with E-state index in [0.29, 0.717) is 0 Å². The lowest BCUT2D eigenvalue weighted by Gasteiger charge is -2.09. The molecule has 1 aromatic heterocycles. The van der Waals surface area contributed by atoms with Crippen molar-refractivity contribution in [2.45, 2.75) is 27.2 Å². The Hall–Kier alpha value is -1.61. The predicted molar refractivity (Wildman–Crippen MR) is 75.4 cm³/mol. The molecular weight excluding hydrogens is 222 g/mol. The van der Waals surface area contributed by atoms with E-state index < -0.39 is 0 Å². The Morgan fingerprint density at radius 3 is 2.67 bits per heavy atom. The highest BCUT2D eigenvalue weighted by molar-refractivity contribution is 5.43. The molecule has 0 atom stereocenters. The average molecular weight is 243 g/mol. The summed E-state index contributed by atoms with van der Waals surface area (Å²) < 4.78 is 2.04. The molecule has 1 heterocycles. The molecule has 0 saturated carbocycles.